The number of para-hydroxylation sites is 1. The van der Waals surface area contributed by atoms with Crippen LogP contribution in [0, 0.1) is 0 Å². The van der Waals surface area contributed by atoms with Gasteiger partial charge in [0.1, 0.15) is 0 Å². The molecule has 154 valence electrons. The Labute approximate surface area is 170 Å². The van der Waals surface area contributed by atoms with Crippen LogP contribution in [0.4, 0.5) is 5.69 Å². The van der Waals surface area contributed by atoms with Crippen LogP contribution in [-0.2, 0) is 14.3 Å². The smallest absolute Gasteiger partial charge is 0.331 e. The second-order valence-corrected chi connectivity index (χ2v) is 5.87. The zero-order valence-corrected chi connectivity index (χ0v) is 17.0. The van der Waals surface area contributed by atoms with Crippen LogP contribution in [0.15, 0.2) is 48.5 Å². The monoisotopic (exact) mass is 399 g/mol. The Kier molecular flexibility index (Phi) is 8.09. The fraction of sp³-hybridized carbons (Fsp3) is 0.273. The first-order valence-electron chi connectivity index (χ1n) is 9.04. The van der Waals surface area contributed by atoms with E-state index in [2.05, 4.69) is 0 Å². The molecule has 0 radical (unpaired) electrons. The SMILES string of the molecule is CCN(C(=O)COC(=O)C=Cc1cc(OC)c(OC)c(OC)c1)c1ccccc1. The number of rotatable bonds is 9. The molecular weight excluding hydrogens is 374 g/mol. The normalized spacial score (nSPS) is 10.5. The lowest BCUT2D eigenvalue weighted by atomic mass is 10.1. The predicted octanol–water partition coefficient (Wildman–Crippen LogP) is 3.32. The van der Waals surface area contributed by atoms with Gasteiger partial charge in [0.15, 0.2) is 18.1 Å². The zero-order valence-electron chi connectivity index (χ0n) is 17.0. The molecule has 0 N–H and O–H groups in total. The van der Waals surface area contributed by atoms with Gasteiger partial charge < -0.3 is 23.8 Å². The first-order valence-corrected chi connectivity index (χ1v) is 9.04. The molecule has 0 aromatic heterocycles. The summed E-state index contributed by atoms with van der Waals surface area (Å²) < 4.78 is 20.9. The number of likely N-dealkylation sites (N-methyl/N-ethyl adjacent to an activating group) is 1. The van der Waals surface area contributed by atoms with Crippen molar-refractivity contribution in [1.29, 1.82) is 0 Å². The molecule has 2 rings (SSSR count). The van der Waals surface area contributed by atoms with Gasteiger partial charge in [0.05, 0.1) is 21.3 Å². The minimum absolute atomic E-state index is 0.298. The van der Waals surface area contributed by atoms with E-state index in [0.29, 0.717) is 29.4 Å². The number of amides is 1. The van der Waals surface area contributed by atoms with Crippen LogP contribution in [-0.4, -0.2) is 46.4 Å². The summed E-state index contributed by atoms with van der Waals surface area (Å²) in [4.78, 5) is 26.0. The number of anilines is 1. The van der Waals surface area contributed by atoms with E-state index >= 15 is 0 Å². The van der Waals surface area contributed by atoms with Gasteiger partial charge in [0, 0.05) is 18.3 Å². The topological polar surface area (TPSA) is 74.3 Å². The quantitative estimate of drug-likeness (QED) is 0.476. The van der Waals surface area contributed by atoms with E-state index in [-0.39, 0.29) is 12.5 Å². The van der Waals surface area contributed by atoms with Crippen molar-refractivity contribution < 1.29 is 28.5 Å². The number of hydrogen-bond donors (Lipinski definition) is 0. The van der Waals surface area contributed by atoms with Crippen molar-refractivity contribution in [3.05, 3.63) is 54.1 Å². The molecule has 0 aliphatic heterocycles. The summed E-state index contributed by atoms with van der Waals surface area (Å²) in [5, 5.41) is 0. The fourth-order valence-electron chi connectivity index (χ4n) is 2.73. The molecule has 7 nitrogen and oxygen atoms in total. The van der Waals surface area contributed by atoms with Crippen molar-refractivity contribution >= 4 is 23.6 Å². The van der Waals surface area contributed by atoms with E-state index in [4.69, 9.17) is 18.9 Å². The Bertz CT molecular complexity index is 838. The van der Waals surface area contributed by atoms with E-state index < -0.39 is 5.97 Å². The number of carbonyl (C=O) groups is 2. The van der Waals surface area contributed by atoms with E-state index in [1.807, 2.05) is 37.3 Å². The Morgan fingerprint density at radius 1 is 0.966 bits per heavy atom. The highest BCUT2D eigenvalue weighted by molar-refractivity contribution is 5.96. The molecule has 0 spiro atoms. The third kappa shape index (κ3) is 5.75. The molecule has 2 aromatic carbocycles. The molecule has 1 amide bonds. The first kappa shape index (κ1) is 21.8. The highest BCUT2D eigenvalue weighted by Gasteiger charge is 2.15. The molecule has 0 saturated heterocycles. The molecule has 0 unspecified atom stereocenters. The summed E-state index contributed by atoms with van der Waals surface area (Å²) in [5.41, 5.74) is 1.41. The highest BCUT2D eigenvalue weighted by atomic mass is 16.5. The molecule has 0 bridgehead atoms. The summed E-state index contributed by atoms with van der Waals surface area (Å²) in [6.45, 7) is 1.99. The van der Waals surface area contributed by atoms with Gasteiger partial charge in [-0.2, -0.15) is 0 Å². The average molecular weight is 399 g/mol. The van der Waals surface area contributed by atoms with Crippen molar-refractivity contribution in [3.8, 4) is 17.2 Å². The third-order valence-electron chi connectivity index (χ3n) is 4.12. The van der Waals surface area contributed by atoms with Crippen LogP contribution in [0.3, 0.4) is 0 Å². The van der Waals surface area contributed by atoms with E-state index in [9.17, 15) is 9.59 Å². The summed E-state index contributed by atoms with van der Waals surface area (Å²) in [5.74, 6) is 0.471. The van der Waals surface area contributed by atoms with Crippen LogP contribution < -0.4 is 19.1 Å². The molecule has 0 aliphatic rings. The average Bonchev–Trinajstić information content (AvgIpc) is 2.76. The second kappa shape index (κ2) is 10.8. The van der Waals surface area contributed by atoms with Gasteiger partial charge >= 0.3 is 5.97 Å². The van der Waals surface area contributed by atoms with Crippen molar-refractivity contribution in [2.75, 3.05) is 39.4 Å². The molecular formula is C22H25NO6. The standard InChI is InChI=1S/C22H25NO6/c1-5-23(17-9-7-6-8-10-17)20(24)15-29-21(25)12-11-16-13-18(26-2)22(28-4)19(14-16)27-3/h6-14H,5,15H2,1-4H3. The van der Waals surface area contributed by atoms with Gasteiger partial charge in [0.25, 0.3) is 5.91 Å². The van der Waals surface area contributed by atoms with Crippen LogP contribution in [0.25, 0.3) is 6.08 Å². The Hall–Kier alpha value is -3.48. The maximum Gasteiger partial charge on any atom is 0.331 e. The first-order chi connectivity index (χ1) is 14.0. The maximum atomic E-state index is 12.4. The number of esters is 1. The minimum atomic E-state index is -0.629. The summed E-state index contributed by atoms with van der Waals surface area (Å²) in [6.07, 6.45) is 2.79. The van der Waals surface area contributed by atoms with Crippen LogP contribution in [0.5, 0.6) is 17.2 Å². The largest absolute Gasteiger partial charge is 0.493 e. The minimum Gasteiger partial charge on any atom is -0.493 e. The number of ether oxygens (including phenoxy) is 4. The Morgan fingerprint density at radius 2 is 1.59 bits per heavy atom. The van der Waals surface area contributed by atoms with Crippen LogP contribution in [0.2, 0.25) is 0 Å². The van der Waals surface area contributed by atoms with E-state index in [1.165, 1.54) is 27.4 Å². The molecule has 7 heteroatoms. The summed E-state index contributed by atoms with van der Waals surface area (Å²) in [7, 11) is 4.53. The van der Waals surface area contributed by atoms with Gasteiger partial charge in [-0.15, -0.1) is 0 Å². The number of methoxy groups -OCH3 is 3. The van der Waals surface area contributed by atoms with E-state index in [1.54, 1.807) is 23.1 Å². The zero-order chi connectivity index (χ0) is 21.2. The molecule has 0 heterocycles. The maximum absolute atomic E-state index is 12.4. The van der Waals surface area contributed by atoms with Crippen LogP contribution in [0.1, 0.15) is 12.5 Å². The number of carbonyl (C=O) groups excluding carboxylic acids is 2. The van der Waals surface area contributed by atoms with Gasteiger partial charge in [-0.25, -0.2) is 4.79 Å². The van der Waals surface area contributed by atoms with Gasteiger partial charge in [-0.1, -0.05) is 18.2 Å². The van der Waals surface area contributed by atoms with Gasteiger partial charge in [-0.05, 0) is 42.8 Å². The molecule has 29 heavy (non-hydrogen) atoms. The van der Waals surface area contributed by atoms with Gasteiger partial charge in [0.2, 0.25) is 5.75 Å². The lowest BCUT2D eigenvalue weighted by molar-refractivity contribution is -0.142. The molecule has 0 saturated carbocycles. The van der Waals surface area contributed by atoms with Crippen molar-refractivity contribution in [1.82, 2.24) is 0 Å². The second-order valence-electron chi connectivity index (χ2n) is 5.87. The number of benzene rings is 2. The van der Waals surface area contributed by atoms with Gasteiger partial charge in [-0.3, -0.25) is 4.79 Å². The summed E-state index contributed by atoms with van der Waals surface area (Å²) in [6, 6.07) is 12.6. The summed E-state index contributed by atoms with van der Waals surface area (Å²) >= 11 is 0. The third-order valence-corrected chi connectivity index (χ3v) is 4.12. The number of hydrogen-bond acceptors (Lipinski definition) is 6. The predicted molar refractivity (Wildman–Crippen MR) is 111 cm³/mol. The van der Waals surface area contributed by atoms with Crippen molar-refractivity contribution in [3.63, 3.8) is 0 Å². The van der Waals surface area contributed by atoms with Crippen molar-refractivity contribution in [2.45, 2.75) is 6.92 Å². The number of nitrogens with zero attached hydrogens (tertiary/aromatic N) is 1. The highest BCUT2D eigenvalue weighted by Crippen LogP contribution is 2.38. The van der Waals surface area contributed by atoms with Crippen LogP contribution >= 0.6 is 0 Å². The molecule has 0 fully saturated rings. The molecule has 2 aromatic rings. The Balaban J connectivity index is 2.02. The Morgan fingerprint density at radius 3 is 2.10 bits per heavy atom. The van der Waals surface area contributed by atoms with Crippen molar-refractivity contribution in [2.24, 2.45) is 0 Å². The molecule has 0 atom stereocenters. The lowest BCUT2D eigenvalue weighted by Gasteiger charge is -2.20. The lowest BCUT2D eigenvalue weighted by Crippen LogP contribution is -2.34. The van der Waals surface area contributed by atoms with E-state index in [0.717, 1.165) is 5.69 Å². The molecule has 0 aliphatic carbocycles. The fourth-order valence-corrected chi connectivity index (χ4v) is 2.73.